The topological polar surface area (TPSA) is 47.1 Å². The standard InChI is InChI=1S/C13H24N4/c1-11(14)12-8-15-10-17(12)9-13(2)4-6-16(3)7-5-13/h8,10-11H,4-7,9,14H2,1-3H3/t11-/m0/s1. The Bertz CT molecular complexity index is 361. The molecule has 96 valence electrons. The van der Waals surface area contributed by atoms with Gasteiger partial charge in [0.2, 0.25) is 0 Å². The Morgan fingerprint density at radius 3 is 2.71 bits per heavy atom. The van der Waals surface area contributed by atoms with Crippen LogP contribution in [-0.2, 0) is 6.54 Å². The van der Waals surface area contributed by atoms with Crippen LogP contribution in [0.2, 0.25) is 0 Å². The summed E-state index contributed by atoms with van der Waals surface area (Å²) in [6.45, 7) is 7.82. The van der Waals surface area contributed by atoms with Gasteiger partial charge in [0.25, 0.3) is 0 Å². The highest BCUT2D eigenvalue weighted by Gasteiger charge is 2.29. The van der Waals surface area contributed by atoms with Crippen LogP contribution in [0.3, 0.4) is 0 Å². The Labute approximate surface area is 104 Å². The van der Waals surface area contributed by atoms with Crippen LogP contribution in [0.4, 0.5) is 0 Å². The number of imidazole rings is 1. The van der Waals surface area contributed by atoms with Crippen molar-refractivity contribution in [2.45, 2.75) is 39.3 Å². The van der Waals surface area contributed by atoms with Gasteiger partial charge in [0.15, 0.2) is 0 Å². The van der Waals surface area contributed by atoms with Gasteiger partial charge in [-0.15, -0.1) is 0 Å². The normalized spacial score (nSPS) is 22.6. The summed E-state index contributed by atoms with van der Waals surface area (Å²) in [7, 11) is 2.20. The third kappa shape index (κ3) is 2.87. The van der Waals surface area contributed by atoms with E-state index in [-0.39, 0.29) is 6.04 Å². The van der Waals surface area contributed by atoms with Crippen LogP contribution in [0.15, 0.2) is 12.5 Å². The third-order valence-electron chi connectivity index (χ3n) is 3.96. The predicted molar refractivity (Wildman–Crippen MR) is 69.7 cm³/mol. The number of likely N-dealkylation sites (tertiary alicyclic amines) is 1. The molecule has 1 saturated heterocycles. The molecule has 0 amide bonds. The fourth-order valence-electron chi connectivity index (χ4n) is 2.57. The maximum Gasteiger partial charge on any atom is 0.0948 e. The van der Waals surface area contributed by atoms with E-state index in [1.807, 2.05) is 19.4 Å². The molecule has 0 spiro atoms. The van der Waals surface area contributed by atoms with Gasteiger partial charge in [-0.25, -0.2) is 4.98 Å². The molecule has 1 aliphatic rings. The van der Waals surface area contributed by atoms with Gasteiger partial charge in [-0.3, -0.25) is 0 Å². The second-order valence-electron chi connectivity index (χ2n) is 5.85. The van der Waals surface area contributed by atoms with Crippen molar-refractivity contribution >= 4 is 0 Å². The quantitative estimate of drug-likeness (QED) is 0.868. The molecule has 0 saturated carbocycles. The number of rotatable bonds is 3. The van der Waals surface area contributed by atoms with Crippen LogP contribution in [0.5, 0.6) is 0 Å². The molecule has 0 bridgehead atoms. The summed E-state index contributed by atoms with van der Waals surface area (Å²) in [6, 6.07) is 0.0624. The van der Waals surface area contributed by atoms with Gasteiger partial charge in [-0.2, -0.15) is 0 Å². The van der Waals surface area contributed by atoms with E-state index < -0.39 is 0 Å². The number of hydrogen-bond acceptors (Lipinski definition) is 3. The zero-order valence-corrected chi connectivity index (χ0v) is 11.2. The number of piperidine rings is 1. The zero-order chi connectivity index (χ0) is 12.5. The number of hydrogen-bond donors (Lipinski definition) is 1. The van der Waals surface area contributed by atoms with Crippen LogP contribution in [0.1, 0.15) is 38.4 Å². The van der Waals surface area contributed by atoms with E-state index in [0.29, 0.717) is 5.41 Å². The molecule has 1 aromatic heterocycles. The minimum Gasteiger partial charge on any atom is -0.333 e. The average molecular weight is 236 g/mol. The largest absolute Gasteiger partial charge is 0.333 e. The molecule has 4 nitrogen and oxygen atoms in total. The van der Waals surface area contributed by atoms with Crippen molar-refractivity contribution in [1.82, 2.24) is 14.5 Å². The van der Waals surface area contributed by atoms with Crippen LogP contribution >= 0.6 is 0 Å². The maximum atomic E-state index is 5.96. The summed E-state index contributed by atoms with van der Waals surface area (Å²) >= 11 is 0. The molecule has 17 heavy (non-hydrogen) atoms. The van der Waals surface area contributed by atoms with Gasteiger partial charge in [0, 0.05) is 18.8 Å². The first-order chi connectivity index (χ1) is 8.00. The Morgan fingerprint density at radius 1 is 1.47 bits per heavy atom. The van der Waals surface area contributed by atoms with E-state index in [4.69, 9.17) is 5.73 Å². The van der Waals surface area contributed by atoms with Gasteiger partial charge >= 0.3 is 0 Å². The first-order valence-corrected chi connectivity index (χ1v) is 6.44. The number of aromatic nitrogens is 2. The highest BCUT2D eigenvalue weighted by molar-refractivity contribution is 5.04. The van der Waals surface area contributed by atoms with E-state index in [1.54, 1.807) is 0 Å². The highest BCUT2D eigenvalue weighted by atomic mass is 15.1. The van der Waals surface area contributed by atoms with Crippen molar-refractivity contribution in [3.8, 4) is 0 Å². The number of nitrogens with two attached hydrogens (primary N) is 1. The summed E-state index contributed by atoms with van der Waals surface area (Å²) in [5.41, 5.74) is 7.49. The molecule has 1 aromatic rings. The first kappa shape index (κ1) is 12.6. The minimum atomic E-state index is 0.0624. The molecule has 0 radical (unpaired) electrons. The molecular formula is C13H24N4. The van der Waals surface area contributed by atoms with Crippen molar-refractivity contribution in [2.24, 2.45) is 11.1 Å². The maximum absolute atomic E-state index is 5.96. The van der Waals surface area contributed by atoms with Crippen LogP contribution in [-0.4, -0.2) is 34.6 Å². The smallest absolute Gasteiger partial charge is 0.0948 e. The van der Waals surface area contributed by atoms with Gasteiger partial charge in [0.05, 0.1) is 12.0 Å². The highest BCUT2D eigenvalue weighted by Crippen LogP contribution is 2.32. The van der Waals surface area contributed by atoms with Crippen LogP contribution < -0.4 is 5.73 Å². The summed E-state index contributed by atoms with van der Waals surface area (Å²) in [4.78, 5) is 6.63. The molecule has 0 unspecified atom stereocenters. The molecule has 2 heterocycles. The fraction of sp³-hybridized carbons (Fsp3) is 0.769. The Balaban J connectivity index is 2.07. The molecule has 2 rings (SSSR count). The molecule has 0 aromatic carbocycles. The molecule has 1 fully saturated rings. The lowest BCUT2D eigenvalue weighted by Gasteiger charge is -2.38. The summed E-state index contributed by atoms with van der Waals surface area (Å²) in [5.74, 6) is 0. The zero-order valence-electron chi connectivity index (χ0n) is 11.2. The van der Waals surface area contributed by atoms with Gasteiger partial charge in [-0.05, 0) is 45.3 Å². The van der Waals surface area contributed by atoms with E-state index >= 15 is 0 Å². The van der Waals surface area contributed by atoms with Crippen molar-refractivity contribution in [2.75, 3.05) is 20.1 Å². The molecule has 0 aliphatic carbocycles. The van der Waals surface area contributed by atoms with Crippen LogP contribution in [0, 0.1) is 5.41 Å². The Hall–Kier alpha value is -0.870. The molecule has 2 N–H and O–H groups in total. The average Bonchev–Trinajstić information content (AvgIpc) is 2.71. The van der Waals surface area contributed by atoms with Crippen LogP contribution in [0.25, 0.3) is 0 Å². The van der Waals surface area contributed by atoms with E-state index in [1.165, 1.54) is 25.9 Å². The lowest BCUT2D eigenvalue weighted by atomic mass is 9.80. The molecule has 4 heteroatoms. The summed E-state index contributed by atoms with van der Waals surface area (Å²) in [5, 5.41) is 0. The molecule has 1 aliphatic heterocycles. The number of nitrogens with zero attached hydrogens (tertiary/aromatic N) is 3. The predicted octanol–water partition coefficient (Wildman–Crippen LogP) is 1.63. The van der Waals surface area contributed by atoms with Gasteiger partial charge in [-0.1, -0.05) is 6.92 Å². The van der Waals surface area contributed by atoms with Gasteiger partial charge < -0.3 is 15.2 Å². The first-order valence-electron chi connectivity index (χ1n) is 6.44. The molecular weight excluding hydrogens is 212 g/mol. The van der Waals surface area contributed by atoms with Crippen molar-refractivity contribution in [3.63, 3.8) is 0 Å². The lowest BCUT2D eigenvalue weighted by Crippen LogP contribution is -2.38. The monoisotopic (exact) mass is 236 g/mol. The third-order valence-corrected chi connectivity index (χ3v) is 3.96. The van der Waals surface area contributed by atoms with Crippen molar-refractivity contribution in [3.05, 3.63) is 18.2 Å². The van der Waals surface area contributed by atoms with Crippen molar-refractivity contribution in [1.29, 1.82) is 0 Å². The lowest BCUT2D eigenvalue weighted by molar-refractivity contribution is 0.119. The Morgan fingerprint density at radius 2 is 2.12 bits per heavy atom. The summed E-state index contributed by atoms with van der Waals surface area (Å²) in [6.07, 6.45) is 6.31. The Kier molecular flexibility index (Phi) is 3.54. The van der Waals surface area contributed by atoms with E-state index in [2.05, 4.69) is 28.4 Å². The minimum absolute atomic E-state index is 0.0624. The second-order valence-corrected chi connectivity index (χ2v) is 5.85. The SMILES string of the molecule is C[C@H](N)c1cncn1CC1(C)CCN(C)CC1. The molecule has 1 atom stereocenters. The van der Waals surface area contributed by atoms with E-state index in [9.17, 15) is 0 Å². The van der Waals surface area contributed by atoms with Crippen molar-refractivity contribution < 1.29 is 0 Å². The summed E-state index contributed by atoms with van der Waals surface area (Å²) < 4.78 is 2.23. The second kappa shape index (κ2) is 4.78. The fourth-order valence-corrected chi connectivity index (χ4v) is 2.57. The van der Waals surface area contributed by atoms with E-state index in [0.717, 1.165) is 12.2 Å². The van der Waals surface area contributed by atoms with Gasteiger partial charge in [0.1, 0.15) is 0 Å².